The van der Waals surface area contributed by atoms with Crippen molar-refractivity contribution in [3.63, 3.8) is 0 Å². The SMILES string of the molecule is CC[C@H]1OC(=O)[C@H](C)C(=O)[C@H](C)[C@@H](O[C@@H]2O[C@H](C)C[C@H](N(C)C)[C@H]2O)[C@@](C)(OC/C=C/c2ccc(-c3nnnn3C)s2)C[C@@H](C)C(=O)[C@H](C)[C@H]2NC(=O)O[C@@]21C. The number of Topliss-reactive ketones (excluding diaryl/α,β-unsaturated/α-hetero) is 2. The van der Waals surface area contributed by atoms with Crippen LogP contribution < -0.4 is 5.32 Å². The molecule has 2 aromatic rings. The van der Waals surface area contributed by atoms with E-state index in [1.165, 1.54) is 18.3 Å². The second-order valence-corrected chi connectivity index (χ2v) is 17.3. The first-order valence-electron chi connectivity index (χ1n) is 19.4. The molecule has 16 nitrogen and oxygen atoms in total. The summed E-state index contributed by atoms with van der Waals surface area (Å²) in [5.74, 6) is -4.54. The first kappa shape index (κ1) is 43.5. The smallest absolute Gasteiger partial charge is 0.408 e. The molecule has 3 fully saturated rings. The van der Waals surface area contributed by atoms with Crippen molar-refractivity contribution < 1.29 is 48.0 Å². The Hall–Kier alpha value is -3.61. The molecule has 13 atom stereocenters. The molecule has 0 spiro atoms. The van der Waals surface area contributed by atoms with Gasteiger partial charge in [-0.1, -0.05) is 33.8 Å². The minimum atomic E-state index is -1.38. The van der Waals surface area contributed by atoms with Crippen LogP contribution in [0.3, 0.4) is 0 Å². The number of alkyl carbamates (subject to hydrolysis) is 1. The third kappa shape index (κ3) is 8.92. The Bertz CT molecular complexity index is 1770. The zero-order chi connectivity index (χ0) is 41.3. The summed E-state index contributed by atoms with van der Waals surface area (Å²) < 4.78 is 33.0. The number of aliphatic hydroxyl groups excluding tert-OH is 1. The Balaban J connectivity index is 1.54. The van der Waals surface area contributed by atoms with Gasteiger partial charge in [-0.05, 0) is 89.7 Å². The largest absolute Gasteiger partial charge is 0.458 e. The van der Waals surface area contributed by atoms with Crippen LogP contribution in [0.4, 0.5) is 4.79 Å². The molecular weight excluding hydrogens is 745 g/mol. The standard InChI is InChI=1S/C39H58N6O10S/c1-12-28-39(8)32(40-37(50)55-39)22(4)29(46)20(2)19-38(7,51-17-13-14-25-15-16-27(56-25)34-41-42-43-45(34)11)33(23(5)30(47)24(6)35(49)53-28)54-36-31(48)26(44(9)10)18-21(3)52-36/h13-16,20-24,26,28,31-33,36,48H,12,17-19H2,1-11H3,(H,40,50)/b14-13+/t20-,21-,22+,23+,24-,26+,28-,31-,32-,33-,36+,38+,39-/m1/s1. The number of esters is 1. The van der Waals surface area contributed by atoms with Gasteiger partial charge in [-0.3, -0.25) is 14.4 Å². The van der Waals surface area contributed by atoms with Crippen molar-refractivity contribution in [2.75, 3.05) is 20.7 Å². The van der Waals surface area contributed by atoms with Crippen LogP contribution in [0.2, 0.25) is 0 Å². The zero-order valence-corrected chi connectivity index (χ0v) is 35.1. The van der Waals surface area contributed by atoms with Gasteiger partial charge in [-0.2, -0.15) is 0 Å². The number of hydrogen-bond acceptors (Lipinski definition) is 15. The van der Waals surface area contributed by atoms with E-state index in [4.69, 9.17) is 23.7 Å². The number of nitrogens with zero attached hydrogens (tertiary/aromatic N) is 5. The highest BCUT2D eigenvalue weighted by atomic mass is 32.1. The van der Waals surface area contributed by atoms with E-state index in [0.717, 1.165) is 9.75 Å². The predicted octanol–water partition coefficient (Wildman–Crippen LogP) is 3.81. The Labute approximate surface area is 332 Å². The normalized spacial score (nSPS) is 37.6. The van der Waals surface area contributed by atoms with E-state index in [1.54, 1.807) is 53.3 Å². The minimum absolute atomic E-state index is 0.0532. The van der Waals surface area contributed by atoms with Crippen LogP contribution in [0.15, 0.2) is 18.2 Å². The maximum absolute atomic E-state index is 14.4. The lowest BCUT2D eigenvalue weighted by molar-refractivity contribution is -0.296. The molecule has 2 aromatic heterocycles. The van der Waals surface area contributed by atoms with E-state index in [2.05, 4.69) is 20.8 Å². The summed E-state index contributed by atoms with van der Waals surface area (Å²) in [4.78, 5) is 59.1. The first-order valence-corrected chi connectivity index (χ1v) is 20.2. The number of aryl methyl sites for hydroxylation is 1. The van der Waals surface area contributed by atoms with Crippen LogP contribution >= 0.6 is 11.3 Å². The van der Waals surface area contributed by atoms with E-state index in [-0.39, 0.29) is 37.4 Å². The molecule has 17 heteroatoms. The molecule has 0 bridgehead atoms. The number of carbonyl (C=O) groups excluding carboxylic acids is 4. The summed E-state index contributed by atoms with van der Waals surface area (Å²) in [6.07, 6.45) is -0.701. The van der Waals surface area contributed by atoms with Crippen molar-refractivity contribution in [2.24, 2.45) is 30.7 Å². The Morgan fingerprint density at radius 3 is 2.45 bits per heavy atom. The Morgan fingerprint density at radius 2 is 1.80 bits per heavy atom. The van der Waals surface area contributed by atoms with Gasteiger partial charge in [-0.25, -0.2) is 9.48 Å². The summed E-state index contributed by atoms with van der Waals surface area (Å²) in [5.41, 5.74) is -2.75. The van der Waals surface area contributed by atoms with Gasteiger partial charge in [0.1, 0.15) is 23.9 Å². The van der Waals surface area contributed by atoms with Gasteiger partial charge in [0.2, 0.25) is 0 Å². The number of ether oxygens (including phenoxy) is 5. The van der Waals surface area contributed by atoms with E-state index in [0.29, 0.717) is 12.2 Å². The number of aliphatic hydroxyl groups is 1. The van der Waals surface area contributed by atoms with Gasteiger partial charge in [0.25, 0.3) is 0 Å². The molecule has 2 N–H and O–H groups in total. The molecule has 3 aliphatic heterocycles. The number of nitrogens with one attached hydrogen (secondary N) is 1. The monoisotopic (exact) mass is 802 g/mol. The summed E-state index contributed by atoms with van der Waals surface area (Å²) in [6, 6.07) is 2.73. The highest BCUT2D eigenvalue weighted by molar-refractivity contribution is 7.16. The molecule has 0 radical (unpaired) electrons. The number of likely N-dealkylation sites (N-methyl/N-ethyl adjacent to an activating group) is 1. The van der Waals surface area contributed by atoms with Crippen LogP contribution in [0.1, 0.15) is 79.5 Å². The number of rotatable bonds is 9. The van der Waals surface area contributed by atoms with Crippen molar-refractivity contribution in [1.29, 1.82) is 0 Å². The number of thiophene rings is 1. The predicted molar refractivity (Wildman–Crippen MR) is 206 cm³/mol. The molecule has 0 unspecified atom stereocenters. The number of cyclic esters (lactones) is 1. The second-order valence-electron chi connectivity index (χ2n) is 16.2. The van der Waals surface area contributed by atoms with Crippen molar-refractivity contribution >= 4 is 41.0 Å². The number of hydrogen-bond donors (Lipinski definition) is 2. The molecule has 5 heterocycles. The minimum Gasteiger partial charge on any atom is -0.458 e. The van der Waals surface area contributed by atoms with Gasteiger partial charge in [-0.15, -0.1) is 16.4 Å². The summed E-state index contributed by atoms with van der Waals surface area (Å²) >= 11 is 1.49. The summed E-state index contributed by atoms with van der Waals surface area (Å²) in [7, 11) is 5.50. The fourth-order valence-corrected chi connectivity index (χ4v) is 9.48. The molecular formula is C39H58N6O10S. The molecule has 0 aliphatic carbocycles. The number of ketones is 2. The molecule has 310 valence electrons. The van der Waals surface area contributed by atoms with Gasteiger partial charge in [0.05, 0.1) is 35.3 Å². The molecule has 3 aliphatic rings. The van der Waals surface area contributed by atoms with E-state index < -0.39 is 83.4 Å². The van der Waals surface area contributed by atoms with E-state index >= 15 is 0 Å². The van der Waals surface area contributed by atoms with Crippen LogP contribution in [-0.2, 0) is 45.1 Å². The van der Waals surface area contributed by atoms with Crippen molar-refractivity contribution in [3.05, 3.63) is 23.1 Å². The average molecular weight is 803 g/mol. The van der Waals surface area contributed by atoms with Crippen molar-refractivity contribution in [3.8, 4) is 10.7 Å². The topological polar surface area (TPSA) is 194 Å². The Kier molecular flexibility index (Phi) is 13.6. The van der Waals surface area contributed by atoms with Crippen LogP contribution in [-0.4, -0.2) is 129 Å². The van der Waals surface area contributed by atoms with Crippen LogP contribution in [0, 0.1) is 23.7 Å². The number of amides is 1. The average Bonchev–Trinajstić information content (AvgIpc) is 3.88. The Morgan fingerprint density at radius 1 is 1.09 bits per heavy atom. The molecule has 5 rings (SSSR count). The maximum Gasteiger partial charge on any atom is 0.408 e. The van der Waals surface area contributed by atoms with E-state index in [9.17, 15) is 24.3 Å². The molecule has 3 saturated heterocycles. The quantitative estimate of drug-likeness (QED) is 0.275. The maximum atomic E-state index is 14.4. The third-order valence-corrected chi connectivity index (χ3v) is 12.8. The molecule has 0 aromatic carbocycles. The van der Waals surface area contributed by atoms with Gasteiger partial charge in [0.15, 0.2) is 23.5 Å². The fourth-order valence-electron chi connectivity index (χ4n) is 8.53. The van der Waals surface area contributed by atoms with E-state index in [1.807, 2.05) is 50.2 Å². The zero-order valence-electron chi connectivity index (χ0n) is 34.3. The fraction of sp³-hybridized carbons (Fsp3) is 0.718. The van der Waals surface area contributed by atoms with Gasteiger partial charge >= 0.3 is 12.1 Å². The summed E-state index contributed by atoms with van der Waals surface area (Å²) in [5, 5.41) is 26.1. The number of carbonyl (C=O) groups is 4. The number of aromatic nitrogens is 4. The first-order chi connectivity index (χ1) is 26.3. The van der Waals surface area contributed by atoms with Crippen molar-refractivity contribution in [2.45, 2.75) is 129 Å². The van der Waals surface area contributed by atoms with Crippen LogP contribution in [0.5, 0.6) is 0 Å². The van der Waals surface area contributed by atoms with Crippen LogP contribution in [0.25, 0.3) is 16.8 Å². The van der Waals surface area contributed by atoms with Gasteiger partial charge < -0.3 is 39.0 Å². The second kappa shape index (κ2) is 17.5. The number of fused-ring (bicyclic) bond motifs is 1. The lowest BCUT2D eigenvalue weighted by atomic mass is 9.73. The lowest BCUT2D eigenvalue weighted by Crippen LogP contribution is -2.60. The summed E-state index contributed by atoms with van der Waals surface area (Å²) in [6.45, 7) is 13.8. The third-order valence-electron chi connectivity index (χ3n) is 11.7. The highest BCUT2D eigenvalue weighted by Gasteiger charge is 2.57. The highest BCUT2D eigenvalue weighted by Crippen LogP contribution is 2.40. The van der Waals surface area contributed by atoms with Gasteiger partial charge in [0, 0.05) is 35.7 Å². The van der Waals surface area contributed by atoms with Crippen molar-refractivity contribution in [1.82, 2.24) is 30.4 Å². The lowest BCUT2D eigenvalue weighted by Gasteiger charge is -2.47. The molecule has 56 heavy (non-hydrogen) atoms. The molecule has 0 saturated carbocycles. The molecule has 1 amide bonds. The number of tetrazole rings is 1.